The van der Waals surface area contributed by atoms with Crippen LogP contribution in [0.3, 0.4) is 0 Å². The van der Waals surface area contributed by atoms with E-state index in [1.54, 1.807) is 4.68 Å². The van der Waals surface area contributed by atoms with Gasteiger partial charge in [0.15, 0.2) is 5.16 Å². The summed E-state index contributed by atoms with van der Waals surface area (Å²) >= 11 is 1.47. The van der Waals surface area contributed by atoms with Crippen LogP contribution in [0.25, 0.3) is 0 Å². The number of aryl methyl sites for hydroxylation is 2. The normalized spacial score (nSPS) is 10.6. The van der Waals surface area contributed by atoms with Crippen molar-refractivity contribution in [3.05, 3.63) is 34.4 Å². The van der Waals surface area contributed by atoms with Gasteiger partial charge in [-0.2, -0.15) is 5.10 Å². The Morgan fingerprint density at radius 3 is 3.06 bits per heavy atom. The molecule has 0 saturated heterocycles. The number of nitrogens with two attached hydrogens (primary N) is 1. The number of aromatic nitrogens is 4. The second-order valence-electron chi connectivity index (χ2n) is 3.60. The summed E-state index contributed by atoms with van der Waals surface area (Å²) < 4.78 is 1.76. The molecule has 2 aromatic heterocycles. The van der Waals surface area contributed by atoms with E-state index in [2.05, 4.69) is 15.1 Å². The molecule has 0 aromatic carbocycles. The van der Waals surface area contributed by atoms with E-state index in [4.69, 9.17) is 5.73 Å². The maximum Gasteiger partial charge on any atom is 0.253 e. The van der Waals surface area contributed by atoms with E-state index < -0.39 is 0 Å². The highest BCUT2D eigenvalue weighted by Gasteiger charge is 2.01. The molecule has 0 aliphatic carbocycles. The molecule has 2 aromatic rings. The first-order valence-electron chi connectivity index (χ1n) is 5.10. The predicted octanol–water partition coefficient (Wildman–Crippen LogP) is 0.420. The smallest absolute Gasteiger partial charge is 0.253 e. The molecule has 0 saturated carbocycles. The number of nitrogens with one attached hydrogen (secondary N) is 1. The van der Waals surface area contributed by atoms with Gasteiger partial charge < -0.3 is 10.7 Å². The summed E-state index contributed by atoms with van der Waals surface area (Å²) in [5, 5.41) is 4.64. The number of hydrogen-bond donors (Lipinski definition) is 2. The van der Waals surface area contributed by atoms with Crippen LogP contribution < -0.4 is 11.3 Å². The lowest BCUT2D eigenvalue weighted by atomic mass is 10.3. The first-order chi connectivity index (χ1) is 8.13. The van der Waals surface area contributed by atoms with Crippen LogP contribution in [0.1, 0.15) is 5.56 Å². The lowest BCUT2D eigenvalue weighted by Gasteiger charge is -2.00. The molecule has 0 aliphatic heterocycles. The van der Waals surface area contributed by atoms with Crippen LogP contribution in [-0.4, -0.2) is 25.5 Å². The van der Waals surface area contributed by atoms with Gasteiger partial charge in [-0.05, 0) is 12.0 Å². The lowest BCUT2D eigenvalue weighted by Crippen LogP contribution is -2.09. The van der Waals surface area contributed by atoms with Crippen molar-refractivity contribution in [2.45, 2.75) is 11.6 Å². The Bertz CT molecular complexity index is 562. The maximum absolute atomic E-state index is 11.1. The number of anilines is 1. The number of H-pyrrole nitrogens is 1. The molecule has 0 unspecified atom stereocenters. The summed E-state index contributed by atoms with van der Waals surface area (Å²) in [4.78, 5) is 17.8. The van der Waals surface area contributed by atoms with Crippen LogP contribution in [0.15, 0.2) is 28.4 Å². The second-order valence-corrected chi connectivity index (χ2v) is 4.68. The fourth-order valence-electron chi connectivity index (χ4n) is 1.39. The van der Waals surface area contributed by atoms with E-state index in [-0.39, 0.29) is 11.4 Å². The van der Waals surface area contributed by atoms with Gasteiger partial charge in [0, 0.05) is 25.1 Å². The van der Waals surface area contributed by atoms with Crippen molar-refractivity contribution in [1.29, 1.82) is 0 Å². The van der Waals surface area contributed by atoms with E-state index in [0.717, 1.165) is 17.7 Å². The number of thioether (sulfide) groups is 1. The molecular formula is C10H13N5OS. The molecule has 0 fully saturated rings. The topological polar surface area (TPSA) is 89.6 Å². The first-order valence-corrected chi connectivity index (χ1v) is 6.09. The molecule has 17 heavy (non-hydrogen) atoms. The predicted molar refractivity (Wildman–Crippen MR) is 66.9 cm³/mol. The Kier molecular flexibility index (Phi) is 3.48. The van der Waals surface area contributed by atoms with Crippen molar-refractivity contribution in [2.24, 2.45) is 7.05 Å². The number of nitrogen functional groups attached to an aromatic ring is 1. The Hall–Kier alpha value is -1.76. The highest BCUT2D eigenvalue weighted by Crippen LogP contribution is 2.13. The summed E-state index contributed by atoms with van der Waals surface area (Å²) in [6.45, 7) is 0. The number of rotatable bonds is 4. The zero-order chi connectivity index (χ0) is 12.3. The van der Waals surface area contributed by atoms with Crippen LogP contribution in [0.2, 0.25) is 0 Å². The van der Waals surface area contributed by atoms with Gasteiger partial charge in [-0.3, -0.25) is 9.48 Å². The first kappa shape index (κ1) is 11.7. The van der Waals surface area contributed by atoms with Crippen LogP contribution >= 0.6 is 11.8 Å². The highest BCUT2D eigenvalue weighted by atomic mass is 32.2. The average Bonchev–Trinajstić information content (AvgIpc) is 2.63. The molecule has 0 atom stereocenters. The fourth-order valence-corrected chi connectivity index (χ4v) is 2.26. The maximum atomic E-state index is 11.1. The molecule has 0 aliphatic rings. The standard InChI is InChI=1S/C10H13N5OS/c1-15-6-7(5-12-15)2-3-17-10-13-8(11)4-9(16)14-10/h4-6H,2-3H2,1H3,(H3,11,13,14,16). The fraction of sp³-hybridized carbons (Fsp3) is 0.300. The minimum absolute atomic E-state index is 0.221. The summed E-state index contributed by atoms with van der Waals surface area (Å²) in [7, 11) is 1.88. The zero-order valence-corrected chi connectivity index (χ0v) is 10.2. The SMILES string of the molecule is Cn1cc(CCSc2nc(N)cc(=O)[nH]2)cn1. The third kappa shape index (κ3) is 3.35. The molecule has 0 radical (unpaired) electrons. The van der Waals surface area contributed by atoms with Gasteiger partial charge in [0.05, 0.1) is 6.20 Å². The zero-order valence-electron chi connectivity index (χ0n) is 9.38. The highest BCUT2D eigenvalue weighted by molar-refractivity contribution is 7.99. The van der Waals surface area contributed by atoms with Gasteiger partial charge in [0.25, 0.3) is 5.56 Å². The van der Waals surface area contributed by atoms with Gasteiger partial charge in [-0.1, -0.05) is 11.8 Å². The van der Waals surface area contributed by atoms with Crippen molar-refractivity contribution in [2.75, 3.05) is 11.5 Å². The summed E-state index contributed by atoms with van der Waals surface area (Å²) in [6, 6.07) is 1.27. The summed E-state index contributed by atoms with van der Waals surface area (Å²) in [5.41, 5.74) is 6.43. The van der Waals surface area contributed by atoms with E-state index in [1.807, 2.05) is 19.4 Å². The number of nitrogens with zero attached hydrogens (tertiary/aromatic N) is 3. The van der Waals surface area contributed by atoms with E-state index in [1.165, 1.54) is 17.8 Å². The van der Waals surface area contributed by atoms with Crippen molar-refractivity contribution in [1.82, 2.24) is 19.7 Å². The van der Waals surface area contributed by atoms with Crippen LogP contribution in [0, 0.1) is 0 Å². The molecule has 0 bridgehead atoms. The lowest BCUT2D eigenvalue weighted by molar-refractivity contribution is 0.767. The van der Waals surface area contributed by atoms with Crippen molar-refractivity contribution in [3.8, 4) is 0 Å². The van der Waals surface area contributed by atoms with Crippen molar-refractivity contribution < 1.29 is 0 Å². The van der Waals surface area contributed by atoms with Crippen LogP contribution in [-0.2, 0) is 13.5 Å². The molecule has 2 heterocycles. The molecule has 3 N–H and O–H groups in total. The monoisotopic (exact) mass is 251 g/mol. The average molecular weight is 251 g/mol. The molecular weight excluding hydrogens is 238 g/mol. The largest absolute Gasteiger partial charge is 0.383 e. The molecule has 6 nitrogen and oxygen atoms in total. The molecule has 0 spiro atoms. The van der Waals surface area contributed by atoms with Gasteiger partial charge >= 0.3 is 0 Å². The molecule has 90 valence electrons. The third-order valence-corrected chi connectivity index (χ3v) is 3.00. The number of hydrogen-bond acceptors (Lipinski definition) is 5. The minimum atomic E-state index is -0.221. The molecule has 0 amide bonds. The molecule has 7 heteroatoms. The Labute approximate surface area is 102 Å². The summed E-state index contributed by atoms with van der Waals surface area (Å²) in [6.07, 6.45) is 4.67. The quantitative estimate of drug-likeness (QED) is 0.607. The van der Waals surface area contributed by atoms with Crippen LogP contribution in [0.5, 0.6) is 0 Å². The van der Waals surface area contributed by atoms with E-state index in [0.29, 0.717) is 5.16 Å². The van der Waals surface area contributed by atoms with Gasteiger partial charge in [0.2, 0.25) is 0 Å². The third-order valence-electron chi connectivity index (χ3n) is 2.13. The number of aromatic amines is 1. The van der Waals surface area contributed by atoms with Gasteiger partial charge in [-0.15, -0.1) is 0 Å². The van der Waals surface area contributed by atoms with Gasteiger partial charge in [-0.25, -0.2) is 4.98 Å². The van der Waals surface area contributed by atoms with Crippen molar-refractivity contribution >= 4 is 17.6 Å². The van der Waals surface area contributed by atoms with Crippen molar-refractivity contribution in [3.63, 3.8) is 0 Å². The second kappa shape index (κ2) is 5.05. The minimum Gasteiger partial charge on any atom is -0.383 e. The van der Waals surface area contributed by atoms with E-state index >= 15 is 0 Å². The Morgan fingerprint density at radius 2 is 2.41 bits per heavy atom. The van der Waals surface area contributed by atoms with Crippen LogP contribution in [0.4, 0.5) is 5.82 Å². The Balaban J connectivity index is 1.92. The Morgan fingerprint density at radius 1 is 1.59 bits per heavy atom. The van der Waals surface area contributed by atoms with Gasteiger partial charge in [0.1, 0.15) is 5.82 Å². The van der Waals surface area contributed by atoms with E-state index in [9.17, 15) is 4.79 Å². The summed E-state index contributed by atoms with van der Waals surface area (Å²) in [5.74, 6) is 1.07. The molecule has 2 rings (SSSR count).